The van der Waals surface area contributed by atoms with E-state index in [1.54, 1.807) is 6.20 Å². The summed E-state index contributed by atoms with van der Waals surface area (Å²) in [6.07, 6.45) is 8.43. The van der Waals surface area contributed by atoms with Gasteiger partial charge in [0.05, 0.1) is 0 Å². The number of pyridine rings is 1. The molecule has 2 N–H and O–H groups in total. The first-order valence-corrected chi connectivity index (χ1v) is 8.07. The predicted octanol–water partition coefficient (Wildman–Crippen LogP) is 3.12. The zero-order chi connectivity index (χ0) is 14.4. The Hall–Kier alpha value is -1.00. The molecule has 1 unspecified atom stereocenters. The SMILES string of the molecule is CCCC1CCCN(Cc2cccnc2C(N)=S)CC1. The Labute approximate surface area is 127 Å². The van der Waals surface area contributed by atoms with Gasteiger partial charge in [0.15, 0.2) is 0 Å². The van der Waals surface area contributed by atoms with Crippen molar-refractivity contribution in [3.8, 4) is 0 Å². The van der Waals surface area contributed by atoms with Crippen LogP contribution in [0.3, 0.4) is 0 Å². The lowest BCUT2D eigenvalue weighted by Crippen LogP contribution is -2.26. The third kappa shape index (κ3) is 4.25. The summed E-state index contributed by atoms with van der Waals surface area (Å²) < 4.78 is 0. The van der Waals surface area contributed by atoms with Crippen molar-refractivity contribution < 1.29 is 0 Å². The van der Waals surface area contributed by atoms with E-state index in [0.717, 1.165) is 23.7 Å². The molecule has 2 rings (SSSR count). The molecule has 0 saturated carbocycles. The van der Waals surface area contributed by atoms with Gasteiger partial charge in [-0.15, -0.1) is 0 Å². The number of aromatic nitrogens is 1. The summed E-state index contributed by atoms with van der Waals surface area (Å²) in [5, 5.41) is 0. The lowest BCUT2D eigenvalue weighted by Gasteiger charge is -2.21. The zero-order valence-electron chi connectivity index (χ0n) is 12.3. The van der Waals surface area contributed by atoms with Crippen LogP contribution in [0.1, 0.15) is 50.3 Å². The van der Waals surface area contributed by atoms with Gasteiger partial charge in [-0.05, 0) is 49.9 Å². The summed E-state index contributed by atoms with van der Waals surface area (Å²) in [6.45, 7) is 5.55. The van der Waals surface area contributed by atoms with Gasteiger partial charge in [0, 0.05) is 12.7 Å². The van der Waals surface area contributed by atoms with Crippen LogP contribution in [0.4, 0.5) is 0 Å². The smallest absolute Gasteiger partial charge is 0.123 e. The molecule has 4 heteroatoms. The summed E-state index contributed by atoms with van der Waals surface area (Å²) in [6, 6.07) is 4.06. The van der Waals surface area contributed by atoms with Gasteiger partial charge in [0.1, 0.15) is 10.7 Å². The Morgan fingerprint density at radius 1 is 1.45 bits per heavy atom. The van der Waals surface area contributed by atoms with E-state index in [0.29, 0.717) is 4.99 Å². The van der Waals surface area contributed by atoms with Crippen LogP contribution in [0.5, 0.6) is 0 Å². The number of nitrogens with zero attached hydrogens (tertiary/aromatic N) is 2. The first-order valence-electron chi connectivity index (χ1n) is 7.66. The summed E-state index contributed by atoms with van der Waals surface area (Å²) >= 11 is 5.09. The molecule has 1 atom stereocenters. The van der Waals surface area contributed by atoms with Gasteiger partial charge in [0.25, 0.3) is 0 Å². The highest BCUT2D eigenvalue weighted by Crippen LogP contribution is 2.23. The fraction of sp³-hybridized carbons (Fsp3) is 0.625. The molecule has 1 saturated heterocycles. The highest BCUT2D eigenvalue weighted by atomic mass is 32.1. The second-order valence-electron chi connectivity index (χ2n) is 5.74. The van der Waals surface area contributed by atoms with Crippen molar-refractivity contribution in [3.63, 3.8) is 0 Å². The standard InChI is InChI=1S/C16H25N3S/c1-2-5-13-6-4-10-19(11-8-13)12-14-7-3-9-18-15(14)16(17)20/h3,7,9,13H,2,4-6,8,10-12H2,1H3,(H2,17,20). The average molecular weight is 291 g/mol. The van der Waals surface area contributed by atoms with E-state index in [-0.39, 0.29) is 0 Å². The molecule has 3 nitrogen and oxygen atoms in total. The highest BCUT2D eigenvalue weighted by Gasteiger charge is 2.17. The first-order chi connectivity index (χ1) is 9.70. The first kappa shape index (κ1) is 15.4. The van der Waals surface area contributed by atoms with Crippen LogP contribution in [0.2, 0.25) is 0 Å². The molecule has 20 heavy (non-hydrogen) atoms. The number of nitrogens with two attached hydrogens (primary N) is 1. The fourth-order valence-corrected chi connectivity index (χ4v) is 3.29. The second-order valence-corrected chi connectivity index (χ2v) is 6.18. The minimum absolute atomic E-state index is 0.402. The van der Waals surface area contributed by atoms with E-state index in [1.165, 1.54) is 45.2 Å². The van der Waals surface area contributed by atoms with Gasteiger partial charge < -0.3 is 5.73 Å². The summed E-state index contributed by atoms with van der Waals surface area (Å²) in [5.74, 6) is 0.911. The fourth-order valence-electron chi connectivity index (χ4n) is 3.11. The third-order valence-corrected chi connectivity index (χ3v) is 4.35. The van der Waals surface area contributed by atoms with Crippen molar-refractivity contribution >= 4 is 17.2 Å². The van der Waals surface area contributed by atoms with Crippen LogP contribution >= 0.6 is 12.2 Å². The number of hydrogen-bond acceptors (Lipinski definition) is 3. The quantitative estimate of drug-likeness (QED) is 0.846. The van der Waals surface area contributed by atoms with Crippen molar-refractivity contribution in [2.75, 3.05) is 13.1 Å². The highest BCUT2D eigenvalue weighted by molar-refractivity contribution is 7.80. The number of likely N-dealkylation sites (tertiary alicyclic amines) is 1. The van der Waals surface area contributed by atoms with Gasteiger partial charge in [0.2, 0.25) is 0 Å². The van der Waals surface area contributed by atoms with Crippen LogP contribution < -0.4 is 5.73 Å². The summed E-state index contributed by atoms with van der Waals surface area (Å²) in [7, 11) is 0. The van der Waals surface area contributed by atoms with Gasteiger partial charge in [-0.3, -0.25) is 9.88 Å². The van der Waals surface area contributed by atoms with E-state index < -0.39 is 0 Å². The molecule has 1 aromatic rings. The lowest BCUT2D eigenvalue weighted by molar-refractivity contribution is 0.271. The molecule has 0 radical (unpaired) electrons. The maximum Gasteiger partial charge on any atom is 0.123 e. The molecule has 0 aromatic carbocycles. The van der Waals surface area contributed by atoms with Gasteiger partial charge >= 0.3 is 0 Å². The molecule has 2 heterocycles. The van der Waals surface area contributed by atoms with Gasteiger partial charge in [-0.1, -0.05) is 38.0 Å². The van der Waals surface area contributed by atoms with Crippen LogP contribution in [-0.4, -0.2) is 28.0 Å². The zero-order valence-corrected chi connectivity index (χ0v) is 13.2. The average Bonchev–Trinajstić information content (AvgIpc) is 2.65. The Morgan fingerprint density at radius 3 is 3.05 bits per heavy atom. The van der Waals surface area contributed by atoms with Crippen molar-refractivity contribution in [2.45, 2.75) is 45.6 Å². The maximum absolute atomic E-state index is 5.76. The topological polar surface area (TPSA) is 42.2 Å². The Kier molecular flexibility index (Phi) is 5.92. The monoisotopic (exact) mass is 291 g/mol. The lowest BCUT2D eigenvalue weighted by atomic mass is 9.96. The molecule has 1 aliphatic rings. The molecule has 0 bridgehead atoms. The second kappa shape index (κ2) is 7.70. The minimum atomic E-state index is 0.402. The molecular formula is C16H25N3S. The van der Waals surface area contributed by atoms with Crippen LogP contribution in [-0.2, 0) is 6.54 Å². The molecule has 0 spiro atoms. The maximum atomic E-state index is 5.76. The molecular weight excluding hydrogens is 266 g/mol. The van der Waals surface area contributed by atoms with Crippen molar-refractivity contribution in [1.82, 2.24) is 9.88 Å². The van der Waals surface area contributed by atoms with Crippen LogP contribution in [0, 0.1) is 5.92 Å². The normalized spacial score (nSPS) is 20.6. The molecule has 1 aliphatic heterocycles. The Morgan fingerprint density at radius 2 is 2.30 bits per heavy atom. The van der Waals surface area contributed by atoms with Gasteiger partial charge in [-0.2, -0.15) is 0 Å². The molecule has 1 fully saturated rings. The summed E-state index contributed by atoms with van der Waals surface area (Å²) in [4.78, 5) is 7.24. The van der Waals surface area contributed by atoms with E-state index in [9.17, 15) is 0 Å². The summed E-state index contributed by atoms with van der Waals surface area (Å²) in [5.41, 5.74) is 7.71. The number of rotatable bonds is 5. The Bertz CT molecular complexity index is 447. The Balaban J connectivity index is 1.98. The van der Waals surface area contributed by atoms with E-state index in [2.05, 4.69) is 22.9 Å². The van der Waals surface area contributed by atoms with E-state index >= 15 is 0 Å². The number of hydrogen-bond donors (Lipinski definition) is 1. The van der Waals surface area contributed by atoms with Gasteiger partial charge in [-0.25, -0.2) is 0 Å². The van der Waals surface area contributed by atoms with Crippen molar-refractivity contribution in [2.24, 2.45) is 11.7 Å². The van der Waals surface area contributed by atoms with E-state index in [1.807, 2.05) is 6.07 Å². The predicted molar refractivity (Wildman–Crippen MR) is 87.7 cm³/mol. The molecule has 0 amide bonds. The molecule has 110 valence electrons. The third-order valence-electron chi connectivity index (χ3n) is 4.16. The van der Waals surface area contributed by atoms with Crippen molar-refractivity contribution in [1.29, 1.82) is 0 Å². The number of thiocarbonyl (C=S) groups is 1. The minimum Gasteiger partial charge on any atom is -0.388 e. The largest absolute Gasteiger partial charge is 0.388 e. The van der Waals surface area contributed by atoms with Crippen LogP contribution in [0.25, 0.3) is 0 Å². The molecule has 0 aliphatic carbocycles. The molecule has 1 aromatic heterocycles. The van der Waals surface area contributed by atoms with Crippen LogP contribution in [0.15, 0.2) is 18.3 Å². The van der Waals surface area contributed by atoms with E-state index in [4.69, 9.17) is 18.0 Å². The van der Waals surface area contributed by atoms with Crippen molar-refractivity contribution in [3.05, 3.63) is 29.6 Å².